The molecular formula is C17H29Cl2N3O. The van der Waals surface area contributed by atoms with E-state index in [1.807, 2.05) is 37.3 Å². The highest BCUT2D eigenvalue weighted by Gasteiger charge is 2.22. The number of rotatable bonds is 5. The number of hydrogen-bond donors (Lipinski definition) is 2. The van der Waals surface area contributed by atoms with Crippen LogP contribution in [0.4, 0.5) is 0 Å². The van der Waals surface area contributed by atoms with Crippen LogP contribution in [0.25, 0.3) is 0 Å². The molecule has 2 atom stereocenters. The lowest BCUT2D eigenvalue weighted by atomic mass is 10.1. The van der Waals surface area contributed by atoms with E-state index in [1.54, 1.807) is 0 Å². The van der Waals surface area contributed by atoms with Gasteiger partial charge >= 0.3 is 0 Å². The summed E-state index contributed by atoms with van der Waals surface area (Å²) >= 11 is 0. The molecule has 0 spiro atoms. The fourth-order valence-electron chi connectivity index (χ4n) is 2.82. The van der Waals surface area contributed by atoms with Gasteiger partial charge in [-0.2, -0.15) is 0 Å². The first-order chi connectivity index (χ1) is 10.2. The van der Waals surface area contributed by atoms with Crippen molar-refractivity contribution in [1.82, 2.24) is 10.2 Å². The number of amides is 1. The number of benzene rings is 1. The zero-order chi connectivity index (χ0) is 15.1. The van der Waals surface area contributed by atoms with Crippen LogP contribution in [0.15, 0.2) is 30.3 Å². The van der Waals surface area contributed by atoms with Crippen LogP contribution in [0.2, 0.25) is 0 Å². The van der Waals surface area contributed by atoms with Crippen LogP contribution in [0.3, 0.4) is 0 Å². The average molecular weight is 362 g/mol. The Morgan fingerprint density at radius 3 is 2.26 bits per heavy atom. The number of hydrogen-bond acceptors (Lipinski definition) is 3. The van der Waals surface area contributed by atoms with Crippen LogP contribution >= 0.6 is 24.8 Å². The van der Waals surface area contributed by atoms with E-state index in [0.29, 0.717) is 6.54 Å². The van der Waals surface area contributed by atoms with Crippen molar-refractivity contribution >= 4 is 30.7 Å². The van der Waals surface area contributed by atoms with E-state index < -0.39 is 0 Å². The second kappa shape index (κ2) is 11.7. The lowest BCUT2D eigenvalue weighted by Gasteiger charge is -2.27. The van der Waals surface area contributed by atoms with E-state index in [2.05, 4.69) is 10.2 Å². The minimum absolute atomic E-state index is 0. The molecule has 2 rings (SSSR count). The minimum atomic E-state index is -0.147. The Kier molecular flexibility index (Phi) is 11.3. The summed E-state index contributed by atoms with van der Waals surface area (Å²) < 4.78 is 0. The van der Waals surface area contributed by atoms with Crippen molar-refractivity contribution in [2.75, 3.05) is 19.6 Å². The molecule has 1 aromatic rings. The zero-order valence-corrected chi connectivity index (χ0v) is 15.4. The number of nitrogens with two attached hydrogens (primary N) is 1. The van der Waals surface area contributed by atoms with Crippen molar-refractivity contribution < 1.29 is 4.79 Å². The van der Waals surface area contributed by atoms with E-state index in [4.69, 9.17) is 5.73 Å². The van der Waals surface area contributed by atoms with Crippen LogP contribution in [0.1, 0.15) is 44.2 Å². The number of likely N-dealkylation sites (tertiary alicyclic amines) is 1. The van der Waals surface area contributed by atoms with Crippen molar-refractivity contribution in [2.24, 2.45) is 5.73 Å². The summed E-state index contributed by atoms with van der Waals surface area (Å²) in [5.74, 6) is 0.0864. The van der Waals surface area contributed by atoms with E-state index in [9.17, 15) is 4.79 Å². The fourth-order valence-corrected chi connectivity index (χ4v) is 2.82. The summed E-state index contributed by atoms with van der Waals surface area (Å²) in [6.45, 7) is 4.54. The van der Waals surface area contributed by atoms with E-state index >= 15 is 0 Å². The number of nitrogens with one attached hydrogen (secondary N) is 1. The van der Waals surface area contributed by atoms with Crippen molar-refractivity contribution in [1.29, 1.82) is 0 Å². The van der Waals surface area contributed by atoms with E-state index in [0.717, 1.165) is 18.7 Å². The first-order valence-corrected chi connectivity index (χ1v) is 8.01. The highest BCUT2D eigenvalue weighted by molar-refractivity contribution is 5.85. The number of nitrogens with zero attached hydrogens (tertiary/aromatic N) is 1. The molecule has 1 aliphatic heterocycles. The van der Waals surface area contributed by atoms with Gasteiger partial charge in [-0.1, -0.05) is 43.2 Å². The van der Waals surface area contributed by atoms with Gasteiger partial charge in [0.25, 0.3) is 0 Å². The molecule has 132 valence electrons. The predicted octanol–water partition coefficient (Wildman–Crippen LogP) is 2.91. The lowest BCUT2D eigenvalue weighted by Crippen LogP contribution is -2.47. The Labute approximate surface area is 152 Å². The highest BCUT2D eigenvalue weighted by atomic mass is 35.5. The molecule has 0 aromatic heterocycles. The van der Waals surface area contributed by atoms with Crippen molar-refractivity contribution in [3.8, 4) is 0 Å². The summed E-state index contributed by atoms with van der Waals surface area (Å²) in [4.78, 5) is 14.6. The number of carbonyl (C=O) groups is 1. The van der Waals surface area contributed by atoms with Gasteiger partial charge in [-0.15, -0.1) is 24.8 Å². The maximum absolute atomic E-state index is 12.3. The molecule has 6 heteroatoms. The molecule has 0 saturated carbocycles. The third kappa shape index (κ3) is 7.08. The van der Waals surface area contributed by atoms with Gasteiger partial charge in [0.2, 0.25) is 5.91 Å². The first-order valence-electron chi connectivity index (χ1n) is 8.01. The second-order valence-corrected chi connectivity index (χ2v) is 5.89. The van der Waals surface area contributed by atoms with Gasteiger partial charge in [-0.05, 0) is 38.4 Å². The summed E-state index contributed by atoms with van der Waals surface area (Å²) in [5, 5.41) is 2.99. The molecule has 1 saturated heterocycles. The van der Waals surface area contributed by atoms with E-state index in [-0.39, 0.29) is 42.8 Å². The number of carbonyl (C=O) groups excluding carboxylic acids is 1. The van der Waals surface area contributed by atoms with Gasteiger partial charge in [-0.25, -0.2) is 0 Å². The van der Waals surface area contributed by atoms with Gasteiger partial charge < -0.3 is 11.1 Å². The Hall–Kier alpha value is -0.810. The van der Waals surface area contributed by atoms with Gasteiger partial charge in [0, 0.05) is 12.6 Å². The third-order valence-corrected chi connectivity index (χ3v) is 4.29. The molecular weight excluding hydrogens is 333 g/mol. The van der Waals surface area contributed by atoms with E-state index in [1.165, 1.54) is 25.7 Å². The quantitative estimate of drug-likeness (QED) is 0.847. The molecule has 1 heterocycles. The maximum atomic E-state index is 12.3. The Morgan fingerprint density at radius 2 is 1.70 bits per heavy atom. The molecule has 0 bridgehead atoms. The Balaban J connectivity index is 0.00000242. The van der Waals surface area contributed by atoms with Crippen LogP contribution in [-0.4, -0.2) is 36.5 Å². The maximum Gasteiger partial charge on any atom is 0.237 e. The van der Waals surface area contributed by atoms with Crippen molar-refractivity contribution in [2.45, 2.75) is 44.7 Å². The SMILES string of the molecule is CC(C(=O)NCC(N)c1ccccc1)N1CCCCCC1.Cl.Cl. The van der Waals surface area contributed by atoms with Gasteiger partial charge in [0.15, 0.2) is 0 Å². The summed E-state index contributed by atoms with van der Waals surface area (Å²) in [6, 6.07) is 9.69. The first kappa shape index (κ1) is 22.2. The van der Waals surface area contributed by atoms with Gasteiger partial charge in [0.05, 0.1) is 6.04 Å². The molecule has 1 aliphatic rings. The molecule has 1 aromatic carbocycles. The Morgan fingerprint density at radius 1 is 1.13 bits per heavy atom. The minimum Gasteiger partial charge on any atom is -0.353 e. The molecule has 0 radical (unpaired) electrons. The Bertz CT molecular complexity index is 437. The summed E-state index contributed by atoms with van der Waals surface area (Å²) in [6.07, 6.45) is 4.95. The monoisotopic (exact) mass is 361 g/mol. The molecule has 23 heavy (non-hydrogen) atoms. The van der Waals surface area contributed by atoms with Crippen LogP contribution in [0, 0.1) is 0 Å². The topological polar surface area (TPSA) is 58.4 Å². The molecule has 1 fully saturated rings. The molecule has 4 nitrogen and oxygen atoms in total. The van der Waals surface area contributed by atoms with Crippen LogP contribution in [0.5, 0.6) is 0 Å². The summed E-state index contributed by atoms with van der Waals surface area (Å²) in [5.41, 5.74) is 7.17. The van der Waals surface area contributed by atoms with Gasteiger partial charge in [0.1, 0.15) is 0 Å². The standard InChI is InChI=1S/C17H27N3O.2ClH/c1-14(20-11-7-2-3-8-12-20)17(21)19-13-16(18)15-9-5-4-6-10-15;;/h4-6,9-10,14,16H,2-3,7-8,11-13,18H2,1H3,(H,19,21);2*1H. The third-order valence-electron chi connectivity index (χ3n) is 4.29. The van der Waals surface area contributed by atoms with Gasteiger partial charge in [-0.3, -0.25) is 9.69 Å². The average Bonchev–Trinajstić information content (AvgIpc) is 2.81. The molecule has 2 unspecified atom stereocenters. The molecule has 1 amide bonds. The van der Waals surface area contributed by atoms with Crippen molar-refractivity contribution in [3.05, 3.63) is 35.9 Å². The zero-order valence-electron chi connectivity index (χ0n) is 13.7. The normalized spacial score (nSPS) is 17.8. The number of halogens is 2. The summed E-state index contributed by atoms with van der Waals surface area (Å²) in [7, 11) is 0. The largest absolute Gasteiger partial charge is 0.353 e. The highest BCUT2D eigenvalue weighted by Crippen LogP contribution is 2.13. The molecule has 3 N–H and O–H groups in total. The van der Waals surface area contributed by atoms with Crippen LogP contribution < -0.4 is 11.1 Å². The lowest BCUT2D eigenvalue weighted by molar-refractivity contribution is -0.125. The molecule has 0 aliphatic carbocycles. The smallest absolute Gasteiger partial charge is 0.237 e. The van der Waals surface area contributed by atoms with Crippen LogP contribution in [-0.2, 0) is 4.79 Å². The fraction of sp³-hybridized carbons (Fsp3) is 0.588. The predicted molar refractivity (Wildman–Crippen MR) is 100 cm³/mol. The second-order valence-electron chi connectivity index (χ2n) is 5.89. The van der Waals surface area contributed by atoms with Crippen molar-refractivity contribution in [3.63, 3.8) is 0 Å².